The molecule has 0 radical (unpaired) electrons. The van der Waals surface area contributed by atoms with Crippen LogP contribution in [0.3, 0.4) is 0 Å². The van der Waals surface area contributed by atoms with Gasteiger partial charge in [0, 0.05) is 32.7 Å². The van der Waals surface area contributed by atoms with Gasteiger partial charge in [0.1, 0.15) is 5.82 Å². The first-order chi connectivity index (χ1) is 12.9. The van der Waals surface area contributed by atoms with Crippen molar-refractivity contribution in [3.63, 3.8) is 0 Å². The Morgan fingerprint density at radius 3 is 2.37 bits per heavy atom. The molecule has 0 aromatic heterocycles. The summed E-state index contributed by atoms with van der Waals surface area (Å²) in [5, 5.41) is 0.00984. The lowest BCUT2D eigenvalue weighted by atomic mass is 10.1. The summed E-state index contributed by atoms with van der Waals surface area (Å²) in [5.74, 6) is -1.19. The number of hydrogen-bond acceptors (Lipinski definition) is 3. The van der Waals surface area contributed by atoms with Crippen molar-refractivity contribution in [2.45, 2.75) is 6.54 Å². The zero-order chi connectivity index (χ0) is 19.6. The predicted octanol–water partition coefficient (Wildman–Crippen LogP) is 4.24. The molecule has 1 aliphatic rings. The number of carbonyl (C=O) groups is 1. The van der Waals surface area contributed by atoms with E-state index in [-0.39, 0.29) is 27.3 Å². The van der Waals surface area contributed by atoms with E-state index < -0.39 is 11.6 Å². The summed E-state index contributed by atoms with van der Waals surface area (Å²) in [5.41, 5.74) is 0.931. The number of halogens is 4. The maximum Gasteiger partial charge on any atom is 0.255 e. The molecule has 0 bridgehead atoms. The molecule has 0 aliphatic carbocycles. The Morgan fingerprint density at radius 1 is 1.04 bits per heavy atom. The summed E-state index contributed by atoms with van der Waals surface area (Å²) in [6, 6.07) is 7.17. The fourth-order valence-corrected chi connectivity index (χ4v) is 3.50. The molecule has 0 unspecified atom stereocenters. The van der Waals surface area contributed by atoms with Crippen LogP contribution in [0, 0.1) is 11.6 Å². The minimum atomic E-state index is -0.676. The molecular formula is C19H18Cl2F2N2O2. The molecule has 8 heteroatoms. The highest BCUT2D eigenvalue weighted by molar-refractivity contribution is 6.36. The minimum Gasteiger partial charge on any atom is -0.494 e. The average molecular weight is 415 g/mol. The monoisotopic (exact) mass is 414 g/mol. The summed E-state index contributed by atoms with van der Waals surface area (Å²) >= 11 is 11.7. The second-order valence-corrected chi connectivity index (χ2v) is 7.10. The molecule has 1 amide bonds. The van der Waals surface area contributed by atoms with Gasteiger partial charge >= 0.3 is 0 Å². The third kappa shape index (κ3) is 4.51. The van der Waals surface area contributed by atoms with Crippen LogP contribution in [0.2, 0.25) is 10.0 Å². The van der Waals surface area contributed by atoms with Crippen LogP contribution >= 0.6 is 23.2 Å². The van der Waals surface area contributed by atoms with E-state index in [0.717, 1.165) is 11.6 Å². The maximum absolute atomic E-state index is 13.8. The number of rotatable bonds is 4. The fourth-order valence-electron chi connectivity index (χ4n) is 3.03. The number of nitrogens with zero attached hydrogens (tertiary/aromatic N) is 2. The third-order valence-electron chi connectivity index (χ3n) is 4.52. The van der Waals surface area contributed by atoms with Crippen molar-refractivity contribution in [3.05, 3.63) is 63.1 Å². The lowest BCUT2D eigenvalue weighted by Crippen LogP contribution is -2.48. The lowest BCUT2D eigenvalue weighted by molar-refractivity contribution is 0.0628. The van der Waals surface area contributed by atoms with Crippen LogP contribution in [0.25, 0.3) is 0 Å². The largest absolute Gasteiger partial charge is 0.494 e. The first kappa shape index (κ1) is 19.9. The summed E-state index contributed by atoms with van der Waals surface area (Å²) in [6.45, 7) is 2.75. The van der Waals surface area contributed by atoms with Gasteiger partial charge in [-0.05, 0) is 29.8 Å². The number of ether oxygens (including phenoxy) is 1. The van der Waals surface area contributed by atoms with Crippen LogP contribution in [0.15, 0.2) is 30.3 Å². The topological polar surface area (TPSA) is 32.8 Å². The molecular weight excluding hydrogens is 397 g/mol. The van der Waals surface area contributed by atoms with Crippen molar-refractivity contribution >= 4 is 29.1 Å². The molecule has 1 aliphatic heterocycles. The van der Waals surface area contributed by atoms with E-state index in [1.807, 2.05) is 6.07 Å². The van der Waals surface area contributed by atoms with E-state index in [9.17, 15) is 13.6 Å². The fraction of sp³-hybridized carbons (Fsp3) is 0.316. The molecule has 0 saturated carbocycles. The molecule has 2 aromatic rings. The molecule has 1 saturated heterocycles. The van der Waals surface area contributed by atoms with Gasteiger partial charge in [-0.25, -0.2) is 8.78 Å². The summed E-state index contributed by atoms with van der Waals surface area (Å²) in [4.78, 5) is 16.4. The number of piperazine rings is 1. The zero-order valence-corrected chi connectivity index (χ0v) is 16.2. The lowest BCUT2D eigenvalue weighted by Gasteiger charge is -2.35. The quantitative estimate of drug-likeness (QED) is 0.701. The van der Waals surface area contributed by atoms with Crippen LogP contribution in [-0.4, -0.2) is 49.0 Å². The van der Waals surface area contributed by atoms with E-state index in [0.29, 0.717) is 32.7 Å². The normalized spacial score (nSPS) is 15.1. The number of hydrogen-bond donors (Lipinski definition) is 0. The van der Waals surface area contributed by atoms with Crippen molar-refractivity contribution in [2.24, 2.45) is 0 Å². The van der Waals surface area contributed by atoms with Crippen LogP contribution in [0.5, 0.6) is 5.75 Å². The van der Waals surface area contributed by atoms with Crippen molar-refractivity contribution in [3.8, 4) is 5.75 Å². The van der Waals surface area contributed by atoms with Crippen molar-refractivity contribution in [1.29, 1.82) is 0 Å². The molecule has 0 spiro atoms. The first-order valence-electron chi connectivity index (χ1n) is 8.37. The third-order valence-corrected chi connectivity index (χ3v) is 5.12. The standard InChI is InChI=1S/C19H18Cl2F2N2O2/c1-27-18-3-2-12(8-17(18)23)11-24-4-6-25(7-5-24)19(26)13-9-16(22)15(21)10-14(13)20/h2-3,8-10H,4-7,11H2,1H3. The van der Waals surface area contributed by atoms with Gasteiger partial charge in [0.05, 0.1) is 22.7 Å². The predicted molar refractivity (Wildman–Crippen MR) is 101 cm³/mol. The smallest absolute Gasteiger partial charge is 0.255 e. The Morgan fingerprint density at radius 2 is 1.74 bits per heavy atom. The molecule has 1 heterocycles. The van der Waals surface area contributed by atoms with E-state index in [1.165, 1.54) is 19.2 Å². The Hall–Kier alpha value is -1.89. The van der Waals surface area contributed by atoms with Crippen molar-refractivity contribution in [2.75, 3.05) is 33.3 Å². The molecule has 3 rings (SSSR count). The Bertz CT molecular complexity index is 856. The molecule has 0 N–H and O–H groups in total. The Labute approximate surface area is 166 Å². The summed E-state index contributed by atoms with van der Waals surface area (Å²) in [6.07, 6.45) is 0. The van der Waals surface area contributed by atoms with Gasteiger partial charge in [0.25, 0.3) is 5.91 Å². The average Bonchev–Trinajstić information content (AvgIpc) is 2.65. The van der Waals surface area contributed by atoms with E-state index >= 15 is 0 Å². The molecule has 4 nitrogen and oxygen atoms in total. The van der Waals surface area contributed by atoms with Gasteiger partial charge in [-0.3, -0.25) is 9.69 Å². The molecule has 1 fully saturated rings. The van der Waals surface area contributed by atoms with Gasteiger partial charge in [-0.1, -0.05) is 29.3 Å². The summed E-state index contributed by atoms with van der Waals surface area (Å²) in [7, 11) is 1.42. The molecule has 0 atom stereocenters. The number of carbonyl (C=O) groups excluding carboxylic acids is 1. The Balaban J connectivity index is 1.61. The van der Waals surface area contributed by atoms with Crippen LogP contribution in [-0.2, 0) is 6.54 Å². The second-order valence-electron chi connectivity index (χ2n) is 6.28. The van der Waals surface area contributed by atoms with Gasteiger partial charge in [-0.2, -0.15) is 0 Å². The van der Waals surface area contributed by atoms with E-state index in [2.05, 4.69) is 4.90 Å². The van der Waals surface area contributed by atoms with Gasteiger partial charge < -0.3 is 9.64 Å². The van der Waals surface area contributed by atoms with Gasteiger partial charge in [0.2, 0.25) is 0 Å². The van der Waals surface area contributed by atoms with E-state index in [1.54, 1.807) is 11.0 Å². The molecule has 144 valence electrons. The Kier molecular flexibility index (Phi) is 6.19. The van der Waals surface area contributed by atoms with Crippen LogP contribution in [0.1, 0.15) is 15.9 Å². The molecule has 27 heavy (non-hydrogen) atoms. The zero-order valence-electron chi connectivity index (χ0n) is 14.6. The number of methoxy groups -OCH3 is 1. The SMILES string of the molecule is COc1ccc(CN2CCN(C(=O)c3cc(F)c(Cl)cc3Cl)CC2)cc1F. The van der Waals surface area contributed by atoms with Crippen LogP contribution in [0.4, 0.5) is 8.78 Å². The number of amides is 1. The highest BCUT2D eigenvalue weighted by atomic mass is 35.5. The summed E-state index contributed by atoms with van der Waals surface area (Å²) < 4.78 is 32.4. The first-order valence-corrected chi connectivity index (χ1v) is 9.13. The highest BCUT2D eigenvalue weighted by Crippen LogP contribution is 2.26. The second kappa shape index (κ2) is 8.42. The maximum atomic E-state index is 13.8. The molecule has 2 aromatic carbocycles. The highest BCUT2D eigenvalue weighted by Gasteiger charge is 2.24. The van der Waals surface area contributed by atoms with E-state index in [4.69, 9.17) is 27.9 Å². The van der Waals surface area contributed by atoms with Crippen molar-refractivity contribution in [1.82, 2.24) is 9.80 Å². The number of benzene rings is 2. The minimum absolute atomic E-state index is 0.101. The van der Waals surface area contributed by atoms with Gasteiger partial charge in [0.15, 0.2) is 11.6 Å². The van der Waals surface area contributed by atoms with Gasteiger partial charge in [-0.15, -0.1) is 0 Å². The van der Waals surface area contributed by atoms with Crippen LogP contribution < -0.4 is 4.74 Å². The van der Waals surface area contributed by atoms with Crippen molar-refractivity contribution < 1.29 is 18.3 Å².